The first-order chi connectivity index (χ1) is 7.92. The van der Waals surface area contributed by atoms with Crippen LogP contribution in [0.2, 0.25) is 0 Å². The molecule has 0 aliphatic heterocycles. The number of carbonyl (C=O) groups is 1. The van der Waals surface area contributed by atoms with Crippen LogP contribution in [0.25, 0.3) is 0 Å². The van der Waals surface area contributed by atoms with Gasteiger partial charge in [0.05, 0.1) is 0 Å². The Hall–Kier alpha value is -0.570. The predicted octanol–water partition coefficient (Wildman–Crippen LogP) is 3.53. The molecular weight excluding hydrogens is 214 g/mol. The molecule has 3 nitrogen and oxygen atoms in total. The summed E-state index contributed by atoms with van der Waals surface area (Å²) in [5.74, 6) is -0.747. The zero-order chi connectivity index (χ0) is 13.3. The van der Waals surface area contributed by atoms with Crippen LogP contribution in [-0.4, -0.2) is 35.1 Å². The minimum atomic E-state index is -0.748. The number of hydrogen-bond acceptors (Lipinski definition) is 2. The lowest BCUT2D eigenvalue weighted by atomic mass is 10.0. The molecule has 0 fully saturated rings. The van der Waals surface area contributed by atoms with E-state index in [0.717, 1.165) is 13.0 Å². The molecule has 0 spiro atoms. The molecule has 0 unspecified atom stereocenters. The Kier molecular flexibility index (Phi) is 8.23. The summed E-state index contributed by atoms with van der Waals surface area (Å²) in [7, 11) is 1.89. The van der Waals surface area contributed by atoms with Gasteiger partial charge in [-0.25, -0.2) is 0 Å². The van der Waals surface area contributed by atoms with E-state index in [9.17, 15) is 4.79 Å². The molecule has 17 heavy (non-hydrogen) atoms. The minimum Gasteiger partial charge on any atom is -0.480 e. The van der Waals surface area contributed by atoms with E-state index in [0.29, 0.717) is 0 Å². The quantitative estimate of drug-likeness (QED) is 0.597. The summed E-state index contributed by atoms with van der Waals surface area (Å²) in [4.78, 5) is 13.0. The zero-order valence-corrected chi connectivity index (χ0v) is 12.0. The van der Waals surface area contributed by atoms with Crippen LogP contribution in [0.4, 0.5) is 0 Å². The Morgan fingerprint density at radius 3 is 2.00 bits per heavy atom. The maximum absolute atomic E-state index is 11.0. The van der Waals surface area contributed by atoms with E-state index in [-0.39, 0.29) is 0 Å². The summed E-state index contributed by atoms with van der Waals surface area (Å²) in [6.07, 6.45) is 8.87. The predicted molar refractivity (Wildman–Crippen MR) is 72.3 cm³/mol. The average Bonchev–Trinajstić information content (AvgIpc) is 2.27. The highest BCUT2D eigenvalue weighted by molar-refractivity contribution is 5.77. The number of unbranched alkanes of at least 4 members (excludes halogenated alkanes) is 6. The van der Waals surface area contributed by atoms with E-state index >= 15 is 0 Å². The third kappa shape index (κ3) is 6.67. The van der Waals surface area contributed by atoms with E-state index in [1.807, 2.05) is 11.9 Å². The van der Waals surface area contributed by atoms with Crippen molar-refractivity contribution in [2.45, 2.75) is 71.3 Å². The van der Waals surface area contributed by atoms with E-state index in [1.54, 1.807) is 13.8 Å². The summed E-state index contributed by atoms with van der Waals surface area (Å²) < 4.78 is 0. The van der Waals surface area contributed by atoms with Crippen molar-refractivity contribution in [1.82, 2.24) is 4.90 Å². The first kappa shape index (κ1) is 16.4. The van der Waals surface area contributed by atoms with E-state index in [2.05, 4.69) is 6.92 Å². The third-order valence-electron chi connectivity index (χ3n) is 3.57. The molecule has 0 aromatic heterocycles. The van der Waals surface area contributed by atoms with Crippen LogP contribution < -0.4 is 0 Å². The summed E-state index contributed by atoms with van der Waals surface area (Å²) in [5, 5.41) is 9.07. The second kappa shape index (κ2) is 8.51. The topological polar surface area (TPSA) is 40.5 Å². The minimum absolute atomic E-state index is 0.747. The van der Waals surface area contributed by atoms with Gasteiger partial charge in [-0.1, -0.05) is 45.4 Å². The van der Waals surface area contributed by atoms with Gasteiger partial charge in [-0.15, -0.1) is 0 Å². The van der Waals surface area contributed by atoms with Crippen LogP contribution in [0.15, 0.2) is 0 Å². The van der Waals surface area contributed by atoms with Crippen LogP contribution in [0.5, 0.6) is 0 Å². The Balaban J connectivity index is 3.58. The van der Waals surface area contributed by atoms with Crippen LogP contribution in [-0.2, 0) is 4.79 Å². The Morgan fingerprint density at radius 1 is 1.06 bits per heavy atom. The van der Waals surface area contributed by atoms with Gasteiger partial charge in [0.2, 0.25) is 0 Å². The Bertz CT molecular complexity index is 214. The zero-order valence-electron chi connectivity index (χ0n) is 12.0. The van der Waals surface area contributed by atoms with Crippen molar-refractivity contribution in [3.63, 3.8) is 0 Å². The molecule has 0 aromatic rings. The van der Waals surface area contributed by atoms with E-state index in [4.69, 9.17) is 5.11 Å². The number of nitrogens with zero attached hydrogens (tertiary/aromatic N) is 1. The molecule has 0 aliphatic rings. The van der Waals surface area contributed by atoms with Gasteiger partial charge in [-0.3, -0.25) is 9.69 Å². The molecule has 1 N–H and O–H groups in total. The van der Waals surface area contributed by atoms with Crippen molar-refractivity contribution in [2.24, 2.45) is 0 Å². The first-order valence-corrected chi connectivity index (χ1v) is 6.87. The van der Waals surface area contributed by atoms with Gasteiger partial charge in [0.1, 0.15) is 5.54 Å². The summed E-state index contributed by atoms with van der Waals surface area (Å²) in [6, 6.07) is 0. The fourth-order valence-electron chi connectivity index (χ4n) is 1.75. The van der Waals surface area contributed by atoms with Crippen molar-refractivity contribution in [2.75, 3.05) is 13.6 Å². The highest BCUT2D eigenvalue weighted by atomic mass is 16.4. The highest BCUT2D eigenvalue weighted by Crippen LogP contribution is 2.14. The van der Waals surface area contributed by atoms with Crippen LogP contribution in [0, 0.1) is 0 Å². The van der Waals surface area contributed by atoms with Gasteiger partial charge >= 0.3 is 5.97 Å². The Morgan fingerprint density at radius 2 is 1.53 bits per heavy atom. The summed E-state index contributed by atoms with van der Waals surface area (Å²) >= 11 is 0. The molecule has 0 aliphatic carbocycles. The number of carboxylic acid groups (broad SMARTS) is 1. The molecule has 0 aromatic carbocycles. The summed E-state index contributed by atoms with van der Waals surface area (Å²) in [6.45, 7) is 6.61. The maximum Gasteiger partial charge on any atom is 0.323 e. The van der Waals surface area contributed by atoms with Crippen LogP contribution in [0.1, 0.15) is 65.7 Å². The standard InChI is InChI=1S/C14H29NO2/c1-5-6-7-8-9-10-11-12-15(4)14(2,3)13(16)17/h5-12H2,1-4H3,(H,16,17). The molecular formula is C14H29NO2. The summed E-state index contributed by atoms with van der Waals surface area (Å²) in [5.41, 5.74) is -0.748. The van der Waals surface area contributed by atoms with Crippen LogP contribution >= 0.6 is 0 Å². The number of likely N-dealkylation sites (N-methyl/N-ethyl adjacent to an activating group) is 1. The molecule has 0 saturated heterocycles. The molecule has 0 heterocycles. The molecule has 0 radical (unpaired) electrons. The maximum atomic E-state index is 11.0. The molecule has 3 heteroatoms. The number of carboxylic acids is 1. The van der Waals surface area contributed by atoms with Gasteiger partial charge < -0.3 is 5.11 Å². The molecule has 102 valence electrons. The van der Waals surface area contributed by atoms with E-state index < -0.39 is 11.5 Å². The van der Waals surface area contributed by atoms with Gasteiger partial charge in [-0.05, 0) is 33.9 Å². The number of rotatable bonds is 10. The number of aliphatic carboxylic acids is 1. The SMILES string of the molecule is CCCCCCCCCN(C)C(C)(C)C(=O)O. The molecule has 0 amide bonds. The average molecular weight is 243 g/mol. The van der Waals surface area contributed by atoms with E-state index in [1.165, 1.54) is 38.5 Å². The normalized spacial score (nSPS) is 12.1. The largest absolute Gasteiger partial charge is 0.480 e. The van der Waals surface area contributed by atoms with Crippen molar-refractivity contribution in [3.8, 4) is 0 Å². The smallest absolute Gasteiger partial charge is 0.323 e. The lowest BCUT2D eigenvalue weighted by Crippen LogP contribution is -2.48. The van der Waals surface area contributed by atoms with Crippen molar-refractivity contribution < 1.29 is 9.90 Å². The molecule has 0 bridgehead atoms. The second-order valence-electron chi connectivity index (χ2n) is 5.41. The lowest BCUT2D eigenvalue weighted by Gasteiger charge is -2.31. The third-order valence-corrected chi connectivity index (χ3v) is 3.57. The van der Waals surface area contributed by atoms with Gasteiger partial charge in [0.25, 0.3) is 0 Å². The lowest BCUT2D eigenvalue weighted by molar-refractivity contribution is -0.148. The van der Waals surface area contributed by atoms with Crippen molar-refractivity contribution in [3.05, 3.63) is 0 Å². The molecule has 0 atom stereocenters. The van der Waals surface area contributed by atoms with Crippen LogP contribution in [0.3, 0.4) is 0 Å². The molecule has 0 rings (SSSR count). The second-order valence-corrected chi connectivity index (χ2v) is 5.41. The van der Waals surface area contributed by atoms with Gasteiger partial charge in [-0.2, -0.15) is 0 Å². The number of hydrogen-bond donors (Lipinski definition) is 1. The van der Waals surface area contributed by atoms with Crippen molar-refractivity contribution in [1.29, 1.82) is 0 Å². The first-order valence-electron chi connectivity index (χ1n) is 6.87. The molecule has 0 saturated carbocycles. The fourth-order valence-corrected chi connectivity index (χ4v) is 1.75. The highest BCUT2D eigenvalue weighted by Gasteiger charge is 2.31. The van der Waals surface area contributed by atoms with Gasteiger partial charge in [0, 0.05) is 0 Å². The monoisotopic (exact) mass is 243 g/mol. The van der Waals surface area contributed by atoms with Gasteiger partial charge in [0.15, 0.2) is 0 Å². The Labute approximate surface area is 106 Å². The van der Waals surface area contributed by atoms with Crippen molar-refractivity contribution >= 4 is 5.97 Å². The fraction of sp³-hybridized carbons (Fsp3) is 0.929.